The third kappa shape index (κ3) is 2.57. The van der Waals surface area contributed by atoms with E-state index in [1.165, 1.54) is 0 Å². The molecule has 0 saturated carbocycles. The van der Waals surface area contributed by atoms with Crippen LogP contribution in [0.1, 0.15) is 5.69 Å². The van der Waals surface area contributed by atoms with E-state index in [0.29, 0.717) is 0 Å². The van der Waals surface area contributed by atoms with Gasteiger partial charge in [0.15, 0.2) is 0 Å². The van der Waals surface area contributed by atoms with Crippen LogP contribution in [0.15, 0.2) is 36.5 Å². The lowest BCUT2D eigenvalue weighted by atomic mass is 10.3. The molecule has 1 N–H and O–H groups in total. The second-order valence-electron chi connectivity index (χ2n) is 4.52. The molecule has 1 aliphatic heterocycles. The molecule has 2 aromatic rings. The average molecular weight is 243 g/mol. The van der Waals surface area contributed by atoms with Crippen molar-refractivity contribution in [3.8, 4) is 5.69 Å². The normalized spacial score (nSPS) is 16.9. The molecule has 1 aromatic carbocycles. The summed E-state index contributed by atoms with van der Waals surface area (Å²) in [5.74, 6) is 0. The minimum absolute atomic E-state index is 0.883. The summed E-state index contributed by atoms with van der Waals surface area (Å²) in [7, 11) is 0. The molecule has 0 atom stereocenters. The van der Waals surface area contributed by atoms with Gasteiger partial charge in [-0.05, 0) is 12.1 Å². The van der Waals surface area contributed by atoms with Crippen LogP contribution in [-0.4, -0.2) is 46.1 Å². The number of benzene rings is 1. The molecular formula is C13H17N5. The highest BCUT2D eigenvalue weighted by Gasteiger charge is 2.12. The Kier molecular flexibility index (Phi) is 3.34. The van der Waals surface area contributed by atoms with Gasteiger partial charge < -0.3 is 5.32 Å². The largest absolute Gasteiger partial charge is 0.314 e. The smallest absolute Gasteiger partial charge is 0.0971 e. The molecule has 5 nitrogen and oxygen atoms in total. The summed E-state index contributed by atoms with van der Waals surface area (Å²) in [6.45, 7) is 5.17. The molecule has 0 aliphatic carbocycles. The van der Waals surface area contributed by atoms with Crippen LogP contribution in [0.3, 0.4) is 0 Å². The maximum absolute atomic E-state index is 4.24. The molecule has 1 aliphatic rings. The summed E-state index contributed by atoms with van der Waals surface area (Å²) in [6, 6.07) is 10.1. The Morgan fingerprint density at radius 1 is 1.11 bits per heavy atom. The van der Waals surface area contributed by atoms with Crippen LogP contribution in [0.25, 0.3) is 5.69 Å². The van der Waals surface area contributed by atoms with E-state index in [0.717, 1.165) is 44.1 Å². The summed E-state index contributed by atoms with van der Waals surface area (Å²) < 4.78 is 1.83. The summed E-state index contributed by atoms with van der Waals surface area (Å²) in [5.41, 5.74) is 2.08. The molecule has 94 valence electrons. The van der Waals surface area contributed by atoms with Crippen LogP contribution in [0.5, 0.6) is 0 Å². The maximum Gasteiger partial charge on any atom is 0.0971 e. The lowest BCUT2D eigenvalue weighted by molar-refractivity contribution is 0.230. The van der Waals surface area contributed by atoms with E-state index in [1.54, 1.807) is 0 Å². The molecule has 0 unspecified atom stereocenters. The molecule has 18 heavy (non-hydrogen) atoms. The Balaban J connectivity index is 1.69. The Bertz CT molecular complexity index is 487. The topological polar surface area (TPSA) is 46.0 Å². The number of piperazine rings is 1. The van der Waals surface area contributed by atoms with Crippen molar-refractivity contribution in [2.45, 2.75) is 6.54 Å². The van der Waals surface area contributed by atoms with Gasteiger partial charge in [-0.3, -0.25) is 4.90 Å². The van der Waals surface area contributed by atoms with Crippen molar-refractivity contribution in [1.29, 1.82) is 0 Å². The highest BCUT2D eigenvalue weighted by Crippen LogP contribution is 2.07. The average Bonchev–Trinajstić information content (AvgIpc) is 2.89. The van der Waals surface area contributed by atoms with Gasteiger partial charge in [-0.2, -0.15) is 0 Å². The van der Waals surface area contributed by atoms with Crippen LogP contribution in [-0.2, 0) is 6.54 Å². The summed E-state index contributed by atoms with van der Waals surface area (Å²) in [4.78, 5) is 2.40. The highest BCUT2D eigenvalue weighted by atomic mass is 15.4. The number of hydrogen-bond acceptors (Lipinski definition) is 4. The molecule has 2 heterocycles. The second kappa shape index (κ2) is 5.29. The fraction of sp³-hybridized carbons (Fsp3) is 0.385. The Hall–Kier alpha value is -1.72. The van der Waals surface area contributed by atoms with Crippen LogP contribution in [0, 0.1) is 0 Å². The molecule has 0 spiro atoms. The Labute approximate surface area is 106 Å². The third-order valence-corrected chi connectivity index (χ3v) is 3.16. The maximum atomic E-state index is 4.24. The van der Waals surface area contributed by atoms with E-state index >= 15 is 0 Å². The predicted molar refractivity (Wildman–Crippen MR) is 69.5 cm³/mol. The monoisotopic (exact) mass is 243 g/mol. The molecule has 3 rings (SSSR count). The van der Waals surface area contributed by atoms with Gasteiger partial charge in [0.25, 0.3) is 0 Å². The Morgan fingerprint density at radius 2 is 1.89 bits per heavy atom. The molecular weight excluding hydrogens is 226 g/mol. The van der Waals surface area contributed by atoms with Crippen LogP contribution < -0.4 is 5.32 Å². The van der Waals surface area contributed by atoms with Crippen molar-refractivity contribution in [1.82, 2.24) is 25.2 Å². The molecule has 0 bridgehead atoms. The molecule has 5 heteroatoms. The van der Waals surface area contributed by atoms with Crippen molar-refractivity contribution >= 4 is 0 Å². The summed E-state index contributed by atoms with van der Waals surface area (Å²) in [6.07, 6.45) is 2.01. The summed E-state index contributed by atoms with van der Waals surface area (Å²) in [5, 5.41) is 11.8. The van der Waals surface area contributed by atoms with Crippen LogP contribution in [0.2, 0.25) is 0 Å². The minimum Gasteiger partial charge on any atom is -0.314 e. The van der Waals surface area contributed by atoms with E-state index < -0.39 is 0 Å². The van der Waals surface area contributed by atoms with E-state index in [1.807, 2.05) is 41.2 Å². The first-order chi connectivity index (χ1) is 8.92. The number of rotatable bonds is 3. The van der Waals surface area contributed by atoms with Crippen molar-refractivity contribution in [2.75, 3.05) is 26.2 Å². The lowest BCUT2D eigenvalue weighted by Gasteiger charge is -2.25. The number of nitrogens with zero attached hydrogens (tertiary/aromatic N) is 4. The quantitative estimate of drug-likeness (QED) is 0.861. The predicted octanol–water partition coefficient (Wildman–Crippen LogP) is 0.672. The molecule has 1 fully saturated rings. The lowest BCUT2D eigenvalue weighted by Crippen LogP contribution is -2.42. The second-order valence-corrected chi connectivity index (χ2v) is 4.52. The standard InChI is InChI=1S/C13H17N5/c1-2-4-13(5-3-1)18-11-12(15-16-18)10-17-8-6-14-7-9-17/h1-5,11,14H,6-10H2. The fourth-order valence-electron chi connectivity index (χ4n) is 2.18. The van der Waals surface area contributed by atoms with Crippen LogP contribution in [0.4, 0.5) is 0 Å². The van der Waals surface area contributed by atoms with E-state index in [9.17, 15) is 0 Å². The first-order valence-electron chi connectivity index (χ1n) is 6.31. The fourth-order valence-corrected chi connectivity index (χ4v) is 2.18. The third-order valence-electron chi connectivity index (χ3n) is 3.16. The SMILES string of the molecule is c1ccc(-n2cc(CN3CCNCC3)nn2)cc1. The highest BCUT2D eigenvalue weighted by molar-refractivity contribution is 5.29. The molecule has 0 radical (unpaired) electrons. The van der Waals surface area contributed by atoms with Gasteiger partial charge in [-0.1, -0.05) is 23.4 Å². The van der Waals surface area contributed by atoms with Gasteiger partial charge >= 0.3 is 0 Å². The molecule has 0 amide bonds. The van der Waals surface area contributed by atoms with E-state index in [4.69, 9.17) is 0 Å². The van der Waals surface area contributed by atoms with Gasteiger partial charge in [-0.25, -0.2) is 4.68 Å². The minimum atomic E-state index is 0.883. The first kappa shape index (κ1) is 11.4. The summed E-state index contributed by atoms with van der Waals surface area (Å²) >= 11 is 0. The van der Waals surface area contributed by atoms with Crippen LogP contribution >= 0.6 is 0 Å². The number of para-hydroxylation sites is 1. The van der Waals surface area contributed by atoms with Crippen molar-refractivity contribution in [2.24, 2.45) is 0 Å². The van der Waals surface area contributed by atoms with Gasteiger partial charge in [0.1, 0.15) is 0 Å². The van der Waals surface area contributed by atoms with Gasteiger partial charge in [0.05, 0.1) is 17.6 Å². The van der Waals surface area contributed by atoms with Gasteiger partial charge in [0.2, 0.25) is 0 Å². The molecule has 1 aromatic heterocycles. The zero-order valence-electron chi connectivity index (χ0n) is 10.3. The van der Waals surface area contributed by atoms with Crippen molar-refractivity contribution in [3.63, 3.8) is 0 Å². The van der Waals surface area contributed by atoms with E-state index in [2.05, 4.69) is 20.5 Å². The van der Waals surface area contributed by atoms with Crippen molar-refractivity contribution < 1.29 is 0 Å². The zero-order chi connectivity index (χ0) is 12.2. The van der Waals surface area contributed by atoms with Crippen molar-refractivity contribution in [3.05, 3.63) is 42.2 Å². The number of hydrogen-bond donors (Lipinski definition) is 1. The van der Waals surface area contributed by atoms with Gasteiger partial charge in [-0.15, -0.1) is 5.10 Å². The Morgan fingerprint density at radius 3 is 2.67 bits per heavy atom. The first-order valence-corrected chi connectivity index (χ1v) is 6.31. The number of nitrogens with one attached hydrogen (secondary N) is 1. The zero-order valence-corrected chi connectivity index (χ0v) is 10.3. The van der Waals surface area contributed by atoms with E-state index in [-0.39, 0.29) is 0 Å². The number of aromatic nitrogens is 3. The van der Waals surface area contributed by atoms with Gasteiger partial charge in [0, 0.05) is 32.7 Å². The molecule has 1 saturated heterocycles.